The van der Waals surface area contributed by atoms with Crippen molar-refractivity contribution in [2.24, 2.45) is 10.7 Å². The molecule has 186 valence electrons. The third-order valence-electron chi connectivity index (χ3n) is 5.21. The molecule has 0 bridgehead atoms. The summed E-state index contributed by atoms with van der Waals surface area (Å²) in [5, 5.41) is 2.42. The van der Waals surface area contributed by atoms with Crippen LogP contribution in [0.15, 0.2) is 29.6 Å². The lowest BCUT2D eigenvalue weighted by Crippen LogP contribution is -2.52. The summed E-state index contributed by atoms with van der Waals surface area (Å²) in [6, 6.07) is 1.22. The summed E-state index contributed by atoms with van der Waals surface area (Å²) >= 11 is 0. The van der Waals surface area contributed by atoms with Gasteiger partial charge in [-0.1, -0.05) is 0 Å². The number of hydrogen-bond donors (Lipinski definition) is 4. The summed E-state index contributed by atoms with van der Waals surface area (Å²) in [4.78, 5) is 27.7. The number of anilines is 1. The van der Waals surface area contributed by atoms with Gasteiger partial charge in [-0.25, -0.2) is 15.0 Å². The summed E-state index contributed by atoms with van der Waals surface area (Å²) in [5.41, 5.74) is 4.11. The van der Waals surface area contributed by atoms with Crippen LogP contribution in [0.2, 0.25) is 0 Å². The van der Waals surface area contributed by atoms with E-state index in [1.54, 1.807) is 0 Å². The molecule has 5 N–H and O–H groups in total. The molecule has 1 aliphatic rings. The van der Waals surface area contributed by atoms with Gasteiger partial charge in [0.1, 0.15) is 21.8 Å². The van der Waals surface area contributed by atoms with Crippen molar-refractivity contribution in [3.63, 3.8) is 0 Å². The van der Waals surface area contributed by atoms with Crippen molar-refractivity contribution in [3.05, 3.63) is 41.9 Å². The smallest absolute Gasteiger partial charge is 0.422 e. The van der Waals surface area contributed by atoms with E-state index in [2.05, 4.69) is 30.0 Å². The van der Waals surface area contributed by atoms with E-state index >= 15 is 0 Å². The number of amides is 1. The number of halogens is 4. The average molecular weight is 506 g/mol. The van der Waals surface area contributed by atoms with Crippen LogP contribution in [0.25, 0.3) is 0 Å². The Morgan fingerprint density at radius 2 is 1.88 bits per heavy atom. The molecule has 1 aliphatic heterocycles. The summed E-state index contributed by atoms with van der Waals surface area (Å²) in [7, 11) is -3.32. The summed E-state index contributed by atoms with van der Waals surface area (Å²) in [5.74, 6) is -2.58. The SMILES string of the molecule is CC1(C)C(N)=N[C@](C)(c2cc(NC(=O)c3cnc(OCC(F)(F)F)cn3)cnc2F)CS1(O)O. The molecule has 10 nitrogen and oxygen atoms in total. The maximum absolute atomic E-state index is 14.6. The zero-order chi connectivity index (χ0) is 25.5. The molecule has 34 heavy (non-hydrogen) atoms. The van der Waals surface area contributed by atoms with Crippen LogP contribution < -0.4 is 15.8 Å². The van der Waals surface area contributed by atoms with Crippen molar-refractivity contribution >= 4 is 28.0 Å². The van der Waals surface area contributed by atoms with Crippen LogP contribution in [-0.2, 0) is 5.54 Å². The van der Waals surface area contributed by atoms with E-state index < -0.39 is 51.4 Å². The first-order chi connectivity index (χ1) is 15.5. The van der Waals surface area contributed by atoms with Gasteiger partial charge in [0.05, 0.1) is 30.0 Å². The van der Waals surface area contributed by atoms with Crippen molar-refractivity contribution < 1.29 is 36.2 Å². The Morgan fingerprint density at radius 1 is 1.21 bits per heavy atom. The minimum atomic E-state index is -4.56. The maximum atomic E-state index is 14.6. The van der Waals surface area contributed by atoms with Crippen LogP contribution in [0, 0.1) is 5.95 Å². The fraction of sp³-hybridized carbons (Fsp3) is 0.421. The van der Waals surface area contributed by atoms with E-state index in [1.807, 2.05) is 0 Å². The molecule has 3 heterocycles. The molecule has 0 saturated heterocycles. The molecule has 1 amide bonds. The minimum absolute atomic E-state index is 0.0249. The first-order valence-corrected chi connectivity index (χ1v) is 11.4. The average Bonchev–Trinajstić information content (AvgIpc) is 2.71. The molecule has 1 atom stereocenters. The first kappa shape index (κ1) is 25.6. The van der Waals surface area contributed by atoms with Crippen LogP contribution in [0.4, 0.5) is 23.2 Å². The Labute approximate surface area is 193 Å². The minimum Gasteiger partial charge on any atom is -0.467 e. The van der Waals surface area contributed by atoms with E-state index in [-0.39, 0.29) is 28.5 Å². The Balaban J connectivity index is 1.82. The lowest BCUT2D eigenvalue weighted by Gasteiger charge is -2.53. The van der Waals surface area contributed by atoms with Crippen molar-refractivity contribution in [2.45, 2.75) is 37.2 Å². The second-order valence-corrected chi connectivity index (χ2v) is 10.9. The van der Waals surface area contributed by atoms with Gasteiger partial charge in [-0.2, -0.15) is 28.2 Å². The van der Waals surface area contributed by atoms with Gasteiger partial charge >= 0.3 is 6.18 Å². The van der Waals surface area contributed by atoms with E-state index in [1.165, 1.54) is 26.8 Å². The monoisotopic (exact) mass is 506 g/mol. The maximum Gasteiger partial charge on any atom is 0.422 e. The number of nitrogens with two attached hydrogens (primary N) is 1. The van der Waals surface area contributed by atoms with E-state index in [4.69, 9.17) is 5.73 Å². The van der Waals surface area contributed by atoms with Crippen LogP contribution in [0.5, 0.6) is 5.88 Å². The number of carbonyl (C=O) groups excluding carboxylic acids is 1. The Hall–Kier alpha value is -3.04. The van der Waals surface area contributed by atoms with Gasteiger partial charge in [-0.3, -0.25) is 18.9 Å². The topological polar surface area (TPSA) is 156 Å². The second-order valence-electron chi connectivity index (χ2n) is 8.25. The highest BCUT2D eigenvalue weighted by Gasteiger charge is 2.49. The number of nitrogens with zero attached hydrogens (tertiary/aromatic N) is 4. The van der Waals surface area contributed by atoms with Crippen molar-refractivity contribution in [2.75, 3.05) is 17.7 Å². The quantitative estimate of drug-likeness (QED) is 0.355. The number of rotatable bonds is 5. The number of aromatic nitrogens is 3. The fourth-order valence-corrected chi connectivity index (χ4v) is 4.81. The Bertz CT molecular complexity index is 1130. The molecular weight excluding hydrogens is 484 g/mol. The number of aliphatic imine (C=N–C) groups is 1. The first-order valence-electron chi connectivity index (χ1n) is 9.64. The molecule has 0 unspecified atom stereocenters. The lowest BCUT2D eigenvalue weighted by atomic mass is 9.94. The van der Waals surface area contributed by atoms with Gasteiger partial charge in [0.15, 0.2) is 6.61 Å². The highest BCUT2D eigenvalue weighted by molar-refractivity contribution is 8.26. The van der Waals surface area contributed by atoms with Crippen LogP contribution in [0.3, 0.4) is 0 Å². The van der Waals surface area contributed by atoms with Gasteiger partial charge in [-0.05, 0) is 26.8 Å². The molecule has 0 radical (unpaired) electrons. The highest BCUT2D eigenvalue weighted by Crippen LogP contribution is 2.59. The number of alkyl halides is 3. The van der Waals surface area contributed by atoms with E-state index in [0.29, 0.717) is 0 Å². The summed E-state index contributed by atoms with van der Waals surface area (Å²) in [6.45, 7) is 2.93. The zero-order valence-corrected chi connectivity index (χ0v) is 19.0. The molecule has 15 heteroatoms. The molecule has 3 rings (SSSR count). The number of pyridine rings is 1. The molecule has 2 aromatic heterocycles. The lowest BCUT2D eigenvalue weighted by molar-refractivity contribution is -0.154. The van der Waals surface area contributed by atoms with Crippen molar-refractivity contribution in [1.29, 1.82) is 0 Å². The number of carbonyl (C=O) groups is 1. The Morgan fingerprint density at radius 3 is 2.44 bits per heavy atom. The largest absolute Gasteiger partial charge is 0.467 e. The normalized spacial score (nSPS) is 22.4. The van der Waals surface area contributed by atoms with Gasteiger partial charge < -0.3 is 15.8 Å². The second kappa shape index (κ2) is 8.63. The third-order valence-corrected chi connectivity index (χ3v) is 8.01. The van der Waals surface area contributed by atoms with Crippen molar-refractivity contribution in [1.82, 2.24) is 15.0 Å². The summed E-state index contributed by atoms with van der Waals surface area (Å²) in [6.07, 6.45) is -1.78. The molecule has 0 fully saturated rings. The van der Waals surface area contributed by atoms with Gasteiger partial charge in [0.25, 0.3) is 5.91 Å². The molecule has 0 aromatic carbocycles. The van der Waals surface area contributed by atoms with Gasteiger partial charge in [-0.15, -0.1) is 0 Å². The predicted molar refractivity (Wildman–Crippen MR) is 116 cm³/mol. The fourth-order valence-electron chi connectivity index (χ4n) is 3.06. The molecule has 0 spiro atoms. The number of nitrogens with one attached hydrogen (secondary N) is 1. The summed E-state index contributed by atoms with van der Waals surface area (Å²) < 4.78 is 75.7. The molecular formula is C19H22F4N6O4S. The number of amidine groups is 1. The number of hydrogen-bond acceptors (Lipinski definition) is 9. The van der Waals surface area contributed by atoms with Crippen LogP contribution in [0.1, 0.15) is 36.8 Å². The number of ether oxygens (including phenoxy) is 1. The Kier molecular flexibility index (Phi) is 6.49. The van der Waals surface area contributed by atoms with Crippen LogP contribution >= 0.6 is 10.6 Å². The van der Waals surface area contributed by atoms with Gasteiger partial charge in [0, 0.05) is 5.56 Å². The zero-order valence-electron chi connectivity index (χ0n) is 18.2. The standard InChI is InChI=1S/C19H22F4N6O4S/c1-17(2)16(24)29-18(3,9-34(17,31)32)11-4-10(5-27-14(11)20)28-15(30)12-6-26-13(7-25-12)33-8-19(21,22)23/h4-7,31-32H,8-9H2,1-3H3,(H2,24,29)(H,28,30)/t18-/m0/s1. The molecule has 0 saturated carbocycles. The molecule has 0 aliphatic carbocycles. The third kappa shape index (κ3) is 5.20. The van der Waals surface area contributed by atoms with E-state index in [9.17, 15) is 31.5 Å². The van der Waals surface area contributed by atoms with E-state index in [0.717, 1.165) is 18.6 Å². The van der Waals surface area contributed by atoms with Gasteiger partial charge in [0.2, 0.25) is 11.8 Å². The highest BCUT2D eigenvalue weighted by atomic mass is 32.3. The predicted octanol–water partition coefficient (Wildman–Crippen LogP) is 3.32. The molecule has 2 aromatic rings. The van der Waals surface area contributed by atoms with Crippen LogP contribution in [-0.4, -0.2) is 59.1 Å². The van der Waals surface area contributed by atoms with Crippen molar-refractivity contribution in [3.8, 4) is 5.88 Å².